The van der Waals surface area contributed by atoms with Crippen molar-refractivity contribution in [1.82, 2.24) is 19.8 Å². The van der Waals surface area contributed by atoms with Gasteiger partial charge in [0.1, 0.15) is 22.8 Å². The van der Waals surface area contributed by atoms with Crippen LogP contribution in [0.1, 0.15) is 46.3 Å². The van der Waals surface area contributed by atoms with E-state index in [1.54, 1.807) is 46.7 Å². The minimum absolute atomic E-state index is 0.0311. The summed E-state index contributed by atoms with van der Waals surface area (Å²) in [6, 6.07) is 10.5. The van der Waals surface area contributed by atoms with Crippen LogP contribution in [0.4, 0.5) is 10.1 Å². The molecule has 1 aliphatic heterocycles. The minimum atomic E-state index is -1.19. The molecule has 0 radical (unpaired) electrons. The van der Waals surface area contributed by atoms with E-state index in [1.165, 1.54) is 25.6 Å². The Balaban J connectivity index is 1.39. The second kappa shape index (κ2) is 9.51. The van der Waals surface area contributed by atoms with Gasteiger partial charge in [-0.15, -0.1) is 0 Å². The molecule has 0 spiro atoms. The molecule has 1 aromatic heterocycles. The molecule has 1 saturated carbocycles. The van der Waals surface area contributed by atoms with Gasteiger partial charge < -0.3 is 24.8 Å². The van der Waals surface area contributed by atoms with Gasteiger partial charge in [-0.2, -0.15) is 0 Å². The van der Waals surface area contributed by atoms with E-state index in [-0.39, 0.29) is 42.2 Å². The van der Waals surface area contributed by atoms with Crippen LogP contribution in [-0.4, -0.2) is 50.9 Å². The Morgan fingerprint density at radius 1 is 1.22 bits per heavy atom. The maximum Gasteiger partial charge on any atom is 0.276 e. The summed E-state index contributed by atoms with van der Waals surface area (Å²) in [5, 5.41) is 5.92. The molecule has 0 saturated heterocycles. The Morgan fingerprint density at radius 2 is 1.95 bits per heavy atom. The van der Waals surface area contributed by atoms with Gasteiger partial charge in [0.25, 0.3) is 11.8 Å². The summed E-state index contributed by atoms with van der Waals surface area (Å²) in [6.07, 6.45) is 2.94. The number of hydrogen-bond donors (Lipinski definition) is 2. The third-order valence-electron chi connectivity index (χ3n) is 6.66. The number of amides is 3. The van der Waals surface area contributed by atoms with Crippen LogP contribution in [0.3, 0.4) is 0 Å². The number of ether oxygens (including phenoxy) is 1. The number of hydrogen-bond acceptors (Lipinski definition) is 5. The molecule has 3 amide bonds. The molecule has 1 fully saturated rings. The predicted octanol–water partition coefficient (Wildman–Crippen LogP) is 3.63. The zero-order valence-electron chi connectivity index (χ0n) is 20.3. The average Bonchev–Trinajstić information content (AvgIpc) is 3.61. The largest absolute Gasteiger partial charge is 0.495 e. The van der Waals surface area contributed by atoms with Crippen LogP contribution in [0.2, 0.25) is 5.02 Å². The number of carbonyl (C=O) groups is 3. The van der Waals surface area contributed by atoms with Crippen LogP contribution in [0, 0.1) is 5.82 Å². The van der Waals surface area contributed by atoms with E-state index < -0.39 is 17.4 Å². The Labute approximate surface area is 217 Å². The van der Waals surface area contributed by atoms with Crippen molar-refractivity contribution in [2.45, 2.75) is 44.4 Å². The van der Waals surface area contributed by atoms with E-state index >= 15 is 0 Å². The fourth-order valence-corrected chi connectivity index (χ4v) is 4.89. The normalized spacial score (nSPS) is 18.8. The van der Waals surface area contributed by atoms with Crippen molar-refractivity contribution in [3.63, 3.8) is 0 Å². The Kier molecular flexibility index (Phi) is 6.36. The lowest BCUT2D eigenvalue weighted by Gasteiger charge is -2.44. The highest BCUT2D eigenvalue weighted by molar-refractivity contribution is 6.32. The number of imidazole rings is 1. The van der Waals surface area contributed by atoms with Crippen LogP contribution in [-0.2, 0) is 17.9 Å². The first-order valence-electron chi connectivity index (χ1n) is 11.8. The lowest BCUT2D eigenvalue weighted by atomic mass is 9.93. The van der Waals surface area contributed by atoms with Crippen molar-refractivity contribution in [3.8, 4) is 5.75 Å². The number of halogens is 2. The fourth-order valence-electron chi connectivity index (χ4n) is 4.63. The van der Waals surface area contributed by atoms with E-state index in [0.29, 0.717) is 16.5 Å². The number of anilines is 1. The van der Waals surface area contributed by atoms with Crippen molar-refractivity contribution in [1.29, 1.82) is 0 Å². The molecule has 2 heterocycles. The van der Waals surface area contributed by atoms with Crippen LogP contribution >= 0.6 is 11.6 Å². The van der Waals surface area contributed by atoms with E-state index in [2.05, 4.69) is 15.6 Å². The molecule has 11 heteroatoms. The number of nitrogens with one attached hydrogen (secondary N) is 2. The number of aromatic nitrogens is 2. The zero-order chi connectivity index (χ0) is 26.3. The highest BCUT2D eigenvalue weighted by Gasteiger charge is 2.53. The second-order valence-electron chi connectivity index (χ2n) is 9.36. The van der Waals surface area contributed by atoms with Crippen LogP contribution in [0.5, 0.6) is 5.75 Å². The molecule has 3 aromatic rings. The standard InChI is InChI=1S/C26H25ClFN5O4/c1-26(25(36)29-12-15-3-5-16(28)6-4-15)13-32-14-30-21(22(32)24(35)33(26)18-8-9-18)23(34)31-17-7-10-20(37-2)19(27)11-17/h3-7,10-11,14,18H,8-9,12-13H2,1-2H3,(H,29,36)(H,31,34)/t26-/m0/s1. The van der Waals surface area contributed by atoms with Crippen molar-refractivity contribution >= 4 is 35.0 Å². The molecule has 192 valence electrons. The highest BCUT2D eigenvalue weighted by Crippen LogP contribution is 2.39. The van der Waals surface area contributed by atoms with Gasteiger partial charge in [0.2, 0.25) is 5.91 Å². The van der Waals surface area contributed by atoms with Crippen LogP contribution in [0.15, 0.2) is 48.8 Å². The van der Waals surface area contributed by atoms with E-state index in [4.69, 9.17) is 16.3 Å². The monoisotopic (exact) mass is 525 g/mol. The molecule has 1 aliphatic carbocycles. The van der Waals surface area contributed by atoms with Crippen molar-refractivity contribution < 1.29 is 23.5 Å². The summed E-state index contributed by atoms with van der Waals surface area (Å²) in [7, 11) is 1.49. The van der Waals surface area contributed by atoms with Gasteiger partial charge in [-0.25, -0.2) is 9.37 Å². The maximum absolute atomic E-state index is 13.7. The Morgan fingerprint density at radius 3 is 2.59 bits per heavy atom. The SMILES string of the molecule is COc1ccc(NC(=O)c2ncn3c2C(=O)N(C2CC2)[C@](C)(C(=O)NCc2ccc(F)cc2)C3)cc1Cl. The molecular weight excluding hydrogens is 501 g/mol. The molecule has 0 bridgehead atoms. The van der Waals surface area contributed by atoms with Gasteiger partial charge in [-0.1, -0.05) is 23.7 Å². The Bertz CT molecular complexity index is 1390. The van der Waals surface area contributed by atoms with Gasteiger partial charge in [-0.05, 0) is 55.7 Å². The lowest BCUT2D eigenvalue weighted by molar-refractivity contribution is -0.133. The number of carbonyl (C=O) groups excluding carboxylic acids is 3. The number of rotatable bonds is 7. The van der Waals surface area contributed by atoms with Crippen molar-refractivity contribution in [2.24, 2.45) is 0 Å². The van der Waals surface area contributed by atoms with Crippen LogP contribution in [0.25, 0.3) is 0 Å². The van der Waals surface area contributed by atoms with Gasteiger partial charge >= 0.3 is 0 Å². The van der Waals surface area contributed by atoms with Gasteiger partial charge in [-0.3, -0.25) is 14.4 Å². The summed E-state index contributed by atoms with van der Waals surface area (Å²) in [6.45, 7) is 2.04. The van der Waals surface area contributed by atoms with E-state index in [9.17, 15) is 18.8 Å². The number of methoxy groups -OCH3 is 1. The molecular formula is C26H25ClFN5O4. The topological polar surface area (TPSA) is 106 Å². The smallest absolute Gasteiger partial charge is 0.276 e. The number of fused-ring (bicyclic) bond motifs is 1. The highest BCUT2D eigenvalue weighted by atomic mass is 35.5. The third-order valence-corrected chi connectivity index (χ3v) is 6.96. The van der Waals surface area contributed by atoms with Crippen molar-refractivity contribution in [2.75, 3.05) is 12.4 Å². The summed E-state index contributed by atoms with van der Waals surface area (Å²) in [5.41, 5.74) is 0.0666. The molecule has 5 rings (SSSR count). The Hall–Kier alpha value is -3.92. The molecule has 0 unspecified atom stereocenters. The minimum Gasteiger partial charge on any atom is -0.495 e. The first-order chi connectivity index (χ1) is 17.7. The number of benzene rings is 2. The van der Waals surface area contributed by atoms with Gasteiger partial charge in [0.05, 0.1) is 25.0 Å². The van der Waals surface area contributed by atoms with Gasteiger partial charge in [0.15, 0.2) is 5.69 Å². The summed E-state index contributed by atoms with van der Waals surface area (Å²) >= 11 is 6.16. The maximum atomic E-state index is 13.7. The molecule has 2 N–H and O–H groups in total. The summed E-state index contributed by atoms with van der Waals surface area (Å²) < 4.78 is 19.9. The second-order valence-corrected chi connectivity index (χ2v) is 9.77. The zero-order valence-corrected chi connectivity index (χ0v) is 21.0. The first kappa shape index (κ1) is 24.8. The third kappa shape index (κ3) is 4.64. The van der Waals surface area contributed by atoms with E-state index in [0.717, 1.165) is 18.4 Å². The first-order valence-corrected chi connectivity index (χ1v) is 12.2. The van der Waals surface area contributed by atoms with E-state index in [1.807, 2.05) is 0 Å². The molecule has 37 heavy (non-hydrogen) atoms. The number of nitrogens with zero attached hydrogens (tertiary/aromatic N) is 3. The molecule has 2 aliphatic rings. The van der Waals surface area contributed by atoms with Crippen LogP contribution < -0.4 is 15.4 Å². The quantitative estimate of drug-likeness (QED) is 0.490. The predicted molar refractivity (Wildman–Crippen MR) is 134 cm³/mol. The molecule has 9 nitrogen and oxygen atoms in total. The average molecular weight is 526 g/mol. The summed E-state index contributed by atoms with van der Waals surface area (Å²) in [5.74, 6) is -1.23. The lowest BCUT2D eigenvalue weighted by Crippen LogP contribution is -2.64. The fraction of sp³-hybridized carbons (Fsp3) is 0.308. The summed E-state index contributed by atoms with van der Waals surface area (Å²) in [4.78, 5) is 46.0. The molecule has 1 atom stereocenters. The molecule has 2 aromatic carbocycles. The van der Waals surface area contributed by atoms with Gasteiger partial charge in [0, 0.05) is 18.3 Å². The van der Waals surface area contributed by atoms with Crippen molar-refractivity contribution in [3.05, 3.63) is 76.6 Å².